The maximum absolute atomic E-state index is 11.9. The first kappa shape index (κ1) is 18.0. The Morgan fingerprint density at radius 1 is 1.33 bits per heavy atom. The van der Waals surface area contributed by atoms with Gasteiger partial charge in [-0.25, -0.2) is 0 Å². The van der Waals surface area contributed by atoms with Crippen molar-refractivity contribution in [2.45, 2.75) is 50.0 Å². The van der Waals surface area contributed by atoms with Crippen molar-refractivity contribution in [3.8, 4) is 0 Å². The molecular weight excluding hydrogens is 282 g/mol. The van der Waals surface area contributed by atoms with Gasteiger partial charge in [-0.05, 0) is 14.0 Å². The summed E-state index contributed by atoms with van der Waals surface area (Å²) in [4.78, 5) is 23.1. The average molecular weight is 305 g/mol. The Labute approximate surface area is 122 Å². The highest BCUT2D eigenvalue weighted by Crippen LogP contribution is 2.18. The zero-order valence-electron chi connectivity index (χ0n) is 12.0. The summed E-state index contributed by atoms with van der Waals surface area (Å²) in [5.41, 5.74) is 5.69. The van der Waals surface area contributed by atoms with E-state index in [1.807, 2.05) is 0 Å². The standard InChI is InChI=1S/C12H23N3O6/c1-5(17)6(14-2)3-8(18)15-12-9(13)11(20)10(19)7(4-16)21-12/h6-7,9-12,14,16,19-20H,3-4,13H2,1-2H3,(H,15,18)/t6-,7?,9?,10?,11?,12?/m0/s1. The second-order valence-corrected chi connectivity index (χ2v) is 5.06. The van der Waals surface area contributed by atoms with Crippen LogP contribution in [-0.2, 0) is 14.3 Å². The van der Waals surface area contributed by atoms with Crippen molar-refractivity contribution < 1.29 is 29.6 Å². The van der Waals surface area contributed by atoms with Gasteiger partial charge in [0.15, 0.2) is 0 Å². The summed E-state index contributed by atoms with van der Waals surface area (Å²) in [6, 6.07) is -1.67. The van der Waals surface area contributed by atoms with E-state index in [1.165, 1.54) is 6.92 Å². The van der Waals surface area contributed by atoms with Crippen LogP contribution < -0.4 is 16.4 Å². The third-order valence-corrected chi connectivity index (χ3v) is 3.51. The van der Waals surface area contributed by atoms with Crippen LogP contribution in [0.4, 0.5) is 0 Å². The van der Waals surface area contributed by atoms with Crippen LogP contribution >= 0.6 is 0 Å². The van der Waals surface area contributed by atoms with Gasteiger partial charge in [0.05, 0.1) is 18.7 Å². The molecule has 0 saturated carbocycles. The molecule has 21 heavy (non-hydrogen) atoms. The number of hydrogen-bond acceptors (Lipinski definition) is 8. The molecule has 0 bridgehead atoms. The van der Waals surface area contributed by atoms with Gasteiger partial charge in [0, 0.05) is 6.42 Å². The molecule has 1 fully saturated rings. The molecule has 5 unspecified atom stereocenters. The minimum atomic E-state index is -1.34. The molecule has 122 valence electrons. The number of ether oxygens (including phenoxy) is 1. The molecule has 0 aromatic heterocycles. The molecule has 7 N–H and O–H groups in total. The SMILES string of the molecule is CN[C@@H](CC(=O)NC1OC(CO)C(O)C(O)C1N)C(C)=O. The Morgan fingerprint density at radius 2 is 1.95 bits per heavy atom. The maximum Gasteiger partial charge on any atom is 0.224 e. The Kier molecular flexibility index (Phi) is 6.65. The predicted molar refractivity (Wildman–Crippen MR) is 72.0 cm³/mol. The van der Waals surface area contributed by atoms with Gasteiger partial charge < -0.3 is 36.4 Å². The number of aliphatic hydroxyl groups is 3. The molecule has 0 spiro atoms. The van der Waals surface area contributed by atoms with E-state index in [0.29, 0.717) is 0 Å². The summed E-state index contributed by atoms with van der Waals surface area (Å²) in [6.07, 6.45) is -4.88. The van der Waals surface area contributed by atoms with Crippen molar-refractivity contribution in [1.82, 2.24) is 10.6 Å². The lowest BCUT2D eigenvalue weighted by Gasteiger charge is -2.40. The Morgan fingerprint density at radius 3 is 2.43 bits per heavy atom. The first-order valence-corrected chi connectivity index (χ1v) is 6.67. The van der Waals surface area contributed by atoms with Crippen LogP contribution in [0.2, 0.25) is 0 Å². The van der Waals surface area contributed by atoms with Gasteiger partial charge in [-0.15, -0.1) is 0 Å². The molecule has 1 amide bonds. The molecule has 0 aliphatic carbocycles. The minimum Gasteiger partial charge on any atom is -0.394 e. The highest BCUT2D eigenvalue weighted by molar-refractivity contribution is 5.88. The van der Waals surface area contributed by atoms with E-state index in [4.69, 9.17) is 15.6 Å². The molecule has 1 rings (SSSR count). The van der Waals surface area contributed by atoms with E-state index in [9.17, 15) is 19.8 Å². The quantitative estimate of drug-likeness (QED) is 0.294. The molecule has 0 radical (unpaired) electrons. The fraction of sp³-hybridized carbons (Fsp3) is 0.833. The molecule has 6 atom stereocenters. The number of carbonyl (C=O) groups excluding carboxylic acids is 2. The molecule has 1 heterocycles. The van der Waals surface area contributed by atoms with Crippen LogP contribution in [0.5, 0.6) is 0 Å². The Balaban J connectivity index is 2.64. The van der Waals surface area contributed by atoms with Gasteiger partial charge in [-0.1, -0.05) is 0 Å². The monoisotopic (exact) mass is 305 g/mol. The number of hydrogen-bond donors (Lipinski definition) is 6. The predicted octanol–water partition coefficient (Wildman–Crippen LogP) is -3.56. The van der Waals surface area contributed by atoms with Crippen LogP contribution in [0.15, 0.2) is 0 Å². The average Bonchev–Trinajstić information content (AvgIpc) is 2.45. The number of Topliss-reactive ketones (excluding diaryl/α,β-unsaturated/α-hetero) is 1. The second-order valence-electron chi connectivity index (χ2n) is 5.06. The third kappa shape index (κ3) is 4.43. The third-order valence-electron chi connectivity index (χ3n) is 3.51. The van der Waals surface area contributed by atoms with E-state index in [0.717, 1.165) is 0 Å². The molecule has 0 aromatic carbocycles. The molecular formula is C12H23N3O6. The smallest absolute Gasteiger partial charge is 0.224 e. The van der Waals surface area contributed by atoms with Gasteiger partial charge in [0.25, 0.3) is 0 Å². The highest BCUT2D eigenvalue weighted by atomic mass is 16.5. The fourth-order valence-electron chi connectivity index (χ4n) is 2.12. The highest BCUT2D eigenvalue weighted by Gasteiger charge is 2.43. The number of rotatable bonds is 6. The number of carbonyl (C=O) groups is 2. The minimum absolute atomic E-state index is 0.110. The maximum atomic E-state index is 11.9. The van der Waals surface area contributed by atoms with E-state index in [2.05, 4.69) is 10.6 Å². The van der Waals surface area contributed by atoms with Gasteiger partial charge >= 0.3 is 0 Å². The number of nitrogens with one attached hydrogen (secondary N) is 2. The molecule has 1 aliphatic rings. The largest absolute Gasteiger partial charge is 0.394 e. The number of likely N-dealkylation sites (N-methyl/N-ethyl adjacent to an activating group) is 1. The van der Waals surface area contributed by atoms with E-state index in [-0.39, 0.29) is 12.2 Å². The Hall–Kier alpha value is -1.10. The molecule has 1 aliphatic heterocycles. The second kappa shape index (κ2) is 7.78. The Bertz CT molecular complexity index is 378. The topological polar surface area (TPSA) is 154 Å². The lowest BCUT2D eigenvalue weighted by molar-refractivity contribution is -0.197. The van der Waals surface area contributed by atoms with Gasteiger partial charge in [0.1, 0.15) is 30.3 Å². The lowest BCUT2D eigenvalue weighted by atomic mass is 9.96. The number of ketones is 1. The summed E-state index contributed by atoms with van der Waals surface area (Å²) in [5.74, 6) is -0.685. The summed E-state index contributed by atoms with van der Waals surface area (Å²) in [6.45, 7) is 0.836. The van der Waals surface area contributed by atoms with Crippen LogP contribution in [0.1, 0.15) is 13.3 Å². The first-order valence-electron chi connectivity index (χ1n) is 6.67. The van der Waals surface area contributed by atoms with Crippen LogP contribution in [-0.4, -0.2) is 77.3 Å². The van der Waals surface area contributed by atoms with Gasteiger partial charge in [-0.2, -0.15) is 0 Å². The van der Waals surface area contributed by atoms with Crippen molar-refractivity contribution in [3.05, 3.63) is 0 Å². The van der Waals surface area contributed by atoms with Crippen LogP contribution in [0.25, 0.3) is 0 Å². The van der Waals surface area contributed by atoms with E-state index >= 15 is 0 Å². The molecule has 0 aromatic rings. The van der Waals surface area contributed by atoms with Crippen molar-refractivity contribution in [2.75, 3.05) is 13.7 Å². The molecule has 1 saturated heterocycles. The van der Waals surface area contributed by atoms with Crippen molar-refractivity contribution in [1.29, 1.82) is 0 Å². The first-order chi connectivity index (χ1) is 9.81. The van der Waals surface area contributed by atoms with Gasteiger partial charge in [-0.3, -0.25) is 9.59 Å². The fourth-order valence-corrected chi connectivity index (χ4v) is 2.12. The zero-order chi connectivity index (χ0) is 16.2. The molecule has 9 heteroatoms. The number of nitrogens with two attached hydrogens (primary N) is 1. The number of amides is 1. The van der Waals surface area contributed by atoms with Crippen LogP contribution in [0, 0.1) is 0 Å². The normalized spacial score (nSPS) is 34.3. The number of aliphatic hydroxyl groups excluding tert-OH is 3. The summed E-state index contributed by atoms with van der Waals surface area (Å²) < 4.78 is 5.25. The summed E-state index contributed by atoms with van der Waals surface area (Å²) >= 11 is 0. The van der Waals surface area contributed by atoms with Crippen molar-refractivity contribution in [2.24, 2.45) is 5.73 Å². The van der Waals surface area contributed by atoms with E-state index < -0.39 is 49.1 Å². The lowest BCUT2D eigenvalue weighted by Crippen LogP contribution is -2.66. The van der Waals surface area contributed by atoms with Crippen molar-refractivity contribution >= 4 is 11.7 Å². The summed E-state index contributed by atoms with van der Waals surface area (Å²) in [7, 11) is 1.56. The molecule has 9 nitrogen and oxygen atoms in total. The van der Waals surface area contributed by atoms with E-state index in [1.54, 1.807) is 7.05 Å². The van der Waals surface area contributed by atoms with Crippen LogP contribution in [0.3, 0.4) is 0 Å². The van der Waals surface area contributed by atoms with Gasteiger partial charge in [0.2, 0.25) is 5.91 Å². The summed E-state index contributed by atoms with van der Waals surface area (Å²) in [5, 5.41) is 33.6. The zero-order valence-corrected chi connectivity index (χ0v) is 12.0. The van der Waals surface area contributed by atoms with Crippen molar-refractivity contribution in [3.63, 3.8) is 0 Å².